The molecule has 2 aromatic carbocycles. The van der Waals surface area contributed by atoms with Gasteiger partial charge >= 0.3 is 0 Å². The number of amides is 2. The molecule has 2 rings (SSSR count). The second-order valence-electron chi connectivity index (χ2n) is 5.15. The third kappa shape index (κ3) is 5.73. The van der Waals surface area contributed by atoms with Gasteiger partial charge in [-0.05, 0) is 36.2 Å². The van der Waals surface area contributed by atoms with Crippen molar-refractivity contribution in [3.63, 3.8) is 0 Å². The second-order valence-corrected chi connectivity index (χ2v) is 5.15. The molecule has 0 atom stereocenters. The van der Waals surface area contributed by atoms with Crippen LogP contribution in [0.2, 0.25) is 0 Å². The zero-order chi connectivity index (χ0) is 17.2. The molecule has 6 heteroatoms. The van der Waals surface area contributed by atoms with Crippen molar-refractivity contribution in [3.8, 4) is 5.75 Å². The molecule has 0 heterocycles. The Kier molecular flexibility index (Phi) is 6.79. The molecule has 0 fully saturated rings. The minimum absolute atomic E-state index is 0.0163. The summed E-state index contributed by atoms with van der Waals surface area (Å²) in [5.41, 5.74) is 3.03. The first-order valence-electron chi connectivity index (χ1n) is 7.67. The molecule has 0 saturated heterocycles. The summed E-state index contributed by atoms with van der Waals surface area (Å²) >= 11 is 0. The molecule has 126 valence electrons. The summed E-state index contributed by atoms with van der Waals surface area (Å²) in [6.07, 6.45) is 1.15. The van der Waals surface area contributed by atoms with Gasteiger partial charge in [-0.1, -0.05) is 30.3 Å². The fourth-order valence-corrected chi connectivity index (χ4v) is 2.12. The summed E-state index contributed by atoms with van der Waals surface area (Å²) < 4.78 is 5.48. The lowest BCUT2D eigenvalue weighted by Crippen LogP contribution is -2.28. The van der Waals surface area contributed by atoms with E-state index in [1.54, 1.807) is 29.7 Å². The van der Waals surface area contributed by atoms with Crippen molar-refractivity contribution in [2.24, 2.45) is 0 Å². The minimum atomic E-state index is -0.577. The first kappa shape index (κ1) is 17.5. The number of benzene rings is 2. The van der Waals surface area contributed by atoms with E-state index in [-0.39, 0.29) is 5.91 Å². The van der Waals surface area contributed by atoms with Gasteiger partial charge in [0.05, 0.1) is 6.54 Å². The number of hydrogen-bond acceptors (Lipinski definition) is 4. The van der Waals surface area contributed by atoms with Crippen molar-refractivity contribution in [1.29, 1.82) is 0 Å². The number of carbonyl (C=O) groups is 2. The standard InChI is InChI=1S/C18H20N2O4/c21-17(11-6-14-4-2-1-3-5-14)19-12-13-24-16-9-7-15(8-10-16)18(22)20-23/h1-5,7-10,23H,6,11-13H2,(H,19,21)(H,20,22). The minimum Gasteiger partial charge on any atom is -0.492 e. The van der Waals surface area contributed by atoms with Crippen LogP contribution in [0.5, 0.6) is 5.75 Å². The molecule has 24 heavy (non-hydrogen) atoms. The molecule has 2 amide bonds. The molecule has 0 bridgehead atoms. The van der Waals surface area contributed by atoms with Crippen LogP contribution >= 0.6 is 0 Å². The molecule has 2 aromatic rings. The summed E-state index contributed by atoms with van der Waals surface area (Å²) in [6.45, 7) is 0.745. The Balaban J connectivity index is 1.63. The predicted molar refractivity (Wildman–Crippen MR) is 89.0 cm³/mol. The van der Waals surface area contributed by atoms with Crippen molar-refractivity contribution < 1.29 is 19.5 Å². The molecule has 0 aromatic heterocycles. The van der Waals surface area contributed by atoms with Crippen molar-refractivity contribution in [1.82, 2.24) is 10.8 Å². The smallest absolute Gasteiger partial charge is 0.274 e. The van der Waals surface area contributed by atoms with Crippen molar-refractivity contribution >= 4 is 11.8 Å². The Hall–Kier alpha value is -2.86. The SMILES string of the molecule is O=C(CCc1ccccc1)NCCOc1ccc(C(=O)NO)cc1. The van der Waals surface area contributed by atoms with Crippen LogP contribution in [0.25, 0.3) is 0 Å². The van der Waals surface area contributed by atoms with Crippen LogP contribution in [-0.4, -0.2) is 30.2 Å². The normalized spacial score (nSPS) is 10.0. The monoisotopic (exact) mass is 328 g/mol. The molecule has 3 N–H and O–H groups in total. The molecule has 0 saturated carbocycles. The molecule has 0 spiro atoms. The van der Waals surface area contributed by atoms with E-state index in [1.807, 2.05) is 30.3 Å². The lowest BCUT2D eigenvalue weighted by molar-refractivity contribution is -0.121. The number of carbonyl (C=O) groups excluding carboxylic acids is 2. The van der Waals surface area contributed by atoms with Gasteiger partial charge < -0.3 is 10.1 Å². The topological polar surface area (TPSA) is 87.7 Å². The van der Waals surface area contributed by atoms with E-state index in [2.05, 4.69) is 5.32 Å². The first-order valence-corrected chi connectivity index (χ1v) is 7.67. The van der Waals surface area contributed by atoms with Crippen LogP contribution in [0.15, 0.2) is 54.6 Å². The number of aryl methyl sites for hydroxylation is 1. The van der Waals surface area contributed by atoms with E-state index >= 15 is 0 Å². The summed E-state index contributed by atoms with van der Waals surface area (Å²) in [6, 6.07) is 16.2. The number of nitrogens with one attached hydrogen (secondary N) is 2. The Morgan fingerprint density at radius 3 is 2.38 bits per heavy atom. The maximum absolute atomic E-state index is 11.7. The van der Waals surface area contributed by atoms with Gasteiger partial charge in [0.2, 0.25) is 5.91 Å². The number of rotatable bonds is 8. The van der Waals surface area contributed by atoms with E-state index < -0.39 is 5.91 Å². The average molecular weight is 328 g/mol. The summed E-state index contributed by atoms with van der Waals surface area (Å²) in [5, 5.41) is 11.3. The van der Waals surface area contributed by atoms with E-state index in [4.69, 9.17) is 9.94 Å². The summed E-state index contributed by atoms with van der Waals surface area (Å²) in [5.74, 6) is -0.00679. The average Bonchev–Trinajstić information content (AvgIpc) is 2.64. The summed E-state index contributed by atoms with van der Waals surface area (Å²) in [4.78, 5) is 22.9. The molecule has 6 nitrogen and oxygen atoms in total. The van der Waals surface area contributed by atoms with Crippen LogP contribution in [0, 0.1) is 0 Å². The maximum atomic E-state index is 11.7. The molecule has 0 aliphatic rings. The third-order valence-corrected chi connectivity index (χ3v) is 3.39. The quantitative estimate of drug-likeness (QED) is 0.392. The van der Waals surface area contributed by atoms with Crippen LogP contribution in [0.4, 0.5) is 0 Å². The van der Waals surface area contributed by atoms with Gasteiger partial charge in [0.15, 0.2) is 0 Å². The first-order chi connectivity index (χ1) is 11.7. The number of hydroxylamine groups is 1. The highest BCUT2D eigenvalue weighted by atomic mass is 16.5. The van der Waals surface area contributed by atoms with Crippen LogP contribution in [0.1, 0.15) is 22.3 Å². The molecule has 0 aliphatic heterocycles. The largest absolute Gasteiger partial charge is 0.492 e. The van der Waals surface area contributed by atoms with E-state index in [0.717, 1.165) is 5.56 Å². The number of hydrogen-bond donors (Lipinski definition) is 3. The van der Waals surface area contributed by atoms with E-state index in [1.165, 1.54) is 0 Å². The van der Waals surface area contributed by atoms with E-state index in [0.29, 0.717) is 37.3 Å². The van der Waals surface area contributed by atoms with Gasteiger partial charge in [-0.25, -0.2) is 5.48 Å². The van der Waals surface area contributed by atoms with Crippen molar-refractivity contribution in [2.45, 2.75) is 12.8 Å². The Morgan fingerprint density at radius 2 is 1.71 bits per heavy atom. The van der Waals surface area contributed by atoms with Gasteiger partial charge in [-0.3, -0.25) is 14.8 Å². The Bertz CT molecular complexity index is 656. The van der Waals surface area contributed by atoms with E-state index in [9.17, 15) is 9.59 Å². The summed E-state index contributed by atoms with van der Waals surface area (Å²) in [7, 11) is 0. The number of ether oxygens (including phenoxy) is 1. The highest BCUT2D eigenvalue weighted by molar-refractivity contribution is 5.93. The highest BCUT2D eigenvalue weighted by Crippen LogP contribution is 2.11. The maximum Gasteiger partial charge on any atom is 0.274 e. The predicted octanol–water partition coefficient (Wildman–Crippen LogP) is 1.93. The van der Waals surface area contributed by atoms with Crippen molar-refractivity contribution in [3.05, 3.63) is 65.7 Å². The Morgan fingerprint density at radius 1 is 1.00 bits per heavy atom. The fraction of sp³-hybridized carbons (Fsp3) is 0.222. The second kappa shape index (κ2) is 9.32. The molecule has 0 aliphatic carbocycles. The molecular formula is C18H20N2O4. The van der Waals surface area contributed by atoms with Gasteiger partial charge in [-0.15, -0.1) is 0 Å². The zero-order valence-corrected chi connectivity index (χ0v) is 13.2. The lowest BCUT2D eigenvalue weighted by Gasteiger charge is -2.08. The van der Waals surface area contributed by atoms with Gasteiger partial charge in [0.25, 0.3) is 5.91 Å². The van der Waals surface area contributed by atoms with Gasteiger partial charge in [-0.2, -0.15) is 0 Å². The zero-order valence-electron chi connectivity index (χ0n) is 13.2. The Labute approximate surface area is 140 Å². The van der Waals surface area contributed by atoms with Gasteiger partial charge in [0.1, 0.15) is 12.4 Å². The molecular weight excluding hydrogens is 308 g/mol. The highest BCUT2D eigenvalue weighted by Gasteiger charge is 2.04. The third-order valence-electron chi connectivity index (χ3n) is 3.39. The van der Waals surface area contributed by atoms with Crippen molar-refractivity contribution in [2.75, 3.05) is 13.2 Å². The van der Waals surface area contributed by atoms with Crippen LogP contribution < -0.4 is 15.5 Å². The lowest BCUT2D eigenvalue weighted by atomic mass is 10.1. The molecule has 0 radical (unpaired) electrons. The fourth-order valence-electron chi connectivity index (χ4n) is 2.12. The van der Waals surface area contributed by atoms with Crippen LogP contribution in [0.3, 0.4) is 0 Å². The van der Waals surface area contributed by atoms with Gasteiger partial charge in [0, 0.05) is 12.0 Å². The van der Waals surface area contributed by atoms with Crippen LogP contribution in [-0.2, 0) is 11.2 Å². The molecule has 0 unspecified atom stereocenters.